The van der Waals surface area contributed by atoms with Gasteiger partial charge < -0.3 is 9.32 Å². The van der Waals surface area contributed by atoms with Crippen molar-refractivity contribution in [3.63, 3.8) is 0 Å². The Labute approximate surface area is 314 Å². The zero-order valence-electron chi connectivity index (χ0n) is 29.6. The summed E-state index contributed by atoms with van der Waals surface area (Å²) in [6.07, 6.45) is 0. The van der Waals surface area contributed by atoms with Gasteiger partial charge in [0.15, 0.2) is 0 Å². The van der Waals surface area contributed by atoms with Crippen LogP contribution < -0.4 is 4.90 Å². The number of nitrogens with zero attached hydrogens (tertiary/aromatic N) is 1. The summed E-state index contributed by atoms with van der Waals surface area (Å²) in [6, 6.07) is 75.9. The van der Waals surface area contributed by atoms with E-state index in [1.54, 1.807) is 0 Å². The maximum absolute atomic E-state index is 6.58. The summed E-state index contributed by atoms with van der Waals surface area (Å²) in [4.78, 5) is 2.38. The number of anilines is 3. The van der Waals surface area contributed by atoms with Crippen LogP contribution >= 0.6 is 0 Å². The van der Waals surface area contributed by atoms with Crippen LogP contribution in [0.15, 0.2) is 217 Å². The molecule has 2 heteroatoms. The molecule has 54 heavy (non-hydrogen) atoms. The third kappa shape index (κ3) is 5.71. The van der Waals surface area contributed by atoms with E-state index in [4.69, 9.17) is 4.42 Å². The van der Waals surface area contributed by atoms with E-state index in [1.165, 1.54) is 38.6 Å². The molecule has 0 amide bonds. The van der Waals surface area contributed by atoms with Gasteiger partial charge in [0.1, 0.15) is 11.2 Å². The molecule has 0 atom stereocenters. The smallest absolute Gasteiger partial charge is 0.143 e. The van der Waals surface area contributed by atoms with Gasteiger partial charge in [-0.05, 0) is 92.7 Å². The number of benzene rings is 9. The minimum atomic E-state index is 0.893. The van der Waals surface area contributed by atoms with Gasteiger partial charge in [0.25, 0.3) is 0 Å². The first-order chi connectivity index (χ1) is 26.8. The number of hydrogen-bond donors (Lipinski definition) is 0. The molecular weight excluding hydrogens is 655 g/mol. The lowest BCUT2D eigenvalue weighted by molar-refractivity contribution is 0.670. The first kappa shape index (κ1) is 31.6. The highest BCUT2D eigenvalue weighted by atomic mass is 16.3. The Balaban J connectivity index is 1.12. The third-order valence-electron chi connectivity index (χ3n) is 10.5. The quantitative estimate of drug-likeness (QED) is 0.166. The molecule has 0 saturated carbocycles. The molecule has 0 spiro atoms. The summed E-state index contributed by atoms with van der Waals surface area (Å²) in [7, 11) is 0. The van der Waals surface area contributed by atoms with Crippen molar-refractivity contribution < 1.29 is 4.42 Å². The van der Waals surface area contributed by atoms with Gasteiger partial charge in [-0.1, -0.05) is 164 Å². The predicted molar refractivity (Wildman–Crippen MR) is 228 cm³/mol. The Kier molecular flexibility index (Phi) is 7.85. The molecule has 1 heterocycles. The van der Waals surface area contributed by atoms with E-state index in [0.717, 1.165) is 55.7 Å². The van der Waals surface area contributed by atoms with E-state index in [1.807, 2.05) is 12.1 Å². The van der Waals surface area contributed by atoms with Crippen LogP contribution in [0.4, 0.5) is 17.1 Å². The third-order valence-corrected chi connectivity index (χ3v) is 10.5. The minimum Gasteiger partial charge on any atom is -0.455 e. The molecule has 0 radical (unpaired) electrons. The molecule has 0 aliphatic heterocycles. The van der Waals surface area contributed by atoms with Crippen LogP contribution in [0.1, 0.15) is 0 Å². The average molecular weight is 690 g/mol. The summed E-state index contributed by atoms with van der Waals surface area (Å²) in [5.41, 5.74) is 14.2. The molecule has 9 aromatic carbocycles. The van der Waals surface area contributed by atoms with Gasteiger partial charge in [0.05, 0.1) is 5.69 Å². The maximum Gasteiger partial charge on any atom is 0.143 e. The highest BCUT2D eigenvalue weighted by molar-refractivity contribution is 6.10. The molecule has 10 aromatic rings. The van der Waals surface area contributed by atoms with Gasteiger partial charge in [0.2, 0.25) is 0 Å². The molecule has 0 N–H and O–H groups in total. The fourth-order valence-corrected chi connectivity index (χ4v) is 7.79. The van der Waals surface area contributed by atoms with E-state index >= 15 is 0 Å². The van der Waals surface area contributed by atoms with Crippen LogP contribution in [0.2, 0.25) is 0 Å². The van der Waals surface area contributed by atoms with Crippen LogP contribution in [-0.2, 0) is 0 Å². The minimum absolute atomic E-state index is 0.893. The highest BCUT2D eigenvalue weighted by Crippen LogP contribution is 2.45. The first-order valence-electron chi connectivity index (χ1n) is 18.4. The van der Waals surface area contributed by atoms with Crippen molar-refractivity contribution >= 4 is 49.8 Å². The van der Waals surface area contributed by atoms with Crippen LogP contribution in [0.5, 0.6) is 0 Å². The summed E-state index contributed by atoms with van der Waals surface area (Å²) in [5, 5.41) is 4.73. The van der Waals surface area contributed by atoms with E-state index in [9.17, 15) is 0 Å². The molecular formula is C52H35NO. The molecule has 0 bridgehead atoms. The van der Waals surface area contributed by atoms with Crippen molar-refractivity contribution in [2.45, 2.75) is 0 Å². The monoisotopic (exact) mass is 689 g/mol. The van der Waals surface area contributed by atoms with E-state index in [0.29, 0.717) is 0 Å². The number of rotatable bonds is 7. The number of fused-ring (bicyclic) bond motifs is 4. The van der Waals surface area contributed by atoms with Crippen molar-refractivity contribution in [1.29, 1.82) is 0 Å². The molecule has 0 fully saturated rings. The lowest BCUT2D eigenvalue weighted by Gasteiger charge is -2.28. The van der Waals surface area contributed by atoms with Crippen molar-refractivity contribution in [3.05, 3.63) is 212 Å². The van der Waals surface area contributed by atoms with Crippen LogP contribution in [0.25, 0.3) is 77.2 Å². The second-order valence-corrected chi connectivity index (χ2v) is 13.7. The summed E-state index contributed by atoms with van der Waals surface area (Å²) < 4.78 is 6.58. The average Bonchev–Trinajstić information content (AvgIpc) is 3.64. The summed E-state index contributed by atoms with van der Waals surface area (Å²) in [5.74, 6) is 0. The number of para-hydroxylation sites is 3. The summed E-state index contributed by atoms with van der Waals surface area (Å²) in [6.45, 7) is 0. The Bertz CT molecular complexity index is 2940. The molecule has 10 rings (SSSR count). The molecule has 0 aliphatic rings. The molecule has 0 aliphatic carbocycles. The first-order valence-corrected chi connectivity index (χ1v) is 18.4. The van der Waals surface area contributed by atoms with Gasteiger partial charge in [-0.2, -0.15) is 0 Å². The fraction of sp³-hybridized carbons (Fsp3) is 0. The van der Waals surface area contributed by atoms with Crippen LogP contribution in [-0.4, -0.2) is 0 Å². The predicted octanol–water partition coefficient (Wildman–Crippen LogP) is 14.9. The van der Waals surface area contributed by atoms with Crippen molar-refractivity contribution in [2.24, 2.45) is 0 Å². The Morgan fingerprint density at radius 1 is 0.315 bits per heavy atom. The van der Waals surface area contributed by atoms with Gasteiger partial charge in [-0.15, -0.1) is 0 Å². The van der Waals surface area contributed by atoms with Crippen molar-refractivity contribution in [1.82, 2.24) is 0 Å². The Morgan fingerprint density at radius 2 is 0.889 bits per heavy atom. The van der Waals surface area contributed by atoms with Crippen LogP contribution in [0, 0.1) is 0 Å². The normalized spacial score (nSPS) is 11.3. The van der Waals surface area contributed by atoms with Crippen molar-refractivity contribution in [2.75, 3.05) is 4.90 Å². The molecule has 0 saturated heterocycles. The van der Waals surface area contributed by atoms with E-state index in [2.05, 4.69) is 205 Å². The summed E-state index contributed by atoms with van der Waals surface area (Å²) >= 11 is 0. The molecule has 1 aromatic heterocycles. The Morgan fingerprint density at radius 3 is 1.74 bits per heavy atom. The van der Waals surface area contributed by atoms with E-state index < -0.39 is 0 Å². The fourth-order valence-electron chi connectivity index (χ4n) is 7.79. The standard InChI is InChI=1S/C52H35NO/c1-2-13-36(14-3-1)38-29-31-44(32-30-38)53(50-25-8-6-21-46(50)48-23-12-24-49-47-22-7-9-26-51(47)54-52(48)49)45-20-11-19-42(35-45)40-17-10-18-41(34-40)43-28-27-37-15-4-5-16-39(37)33-43/h1-35H. The zero-order chi connectivity index (χ0) is 35.8. The van der Waals surface area contributed by atoms with Crippen molar-refractivity contribution in [3.8, 4) is 44.5 Å². The van der Waals surface area contributed by atoms with Gasteiger partial charge >= 0.3 is 0 Å². The largest absolute Gasteiger partial charge is 0.455 e. The number of hydrogen-bond acceptors (Lipinski definition) is 2. The zero-order valence-corrected chi connectivity index (χ0v) is 29.6. The van der Waals surface area contributed by atoms with Gasteiger partial charge in [-0.3, -0.25) is 0 Å². The number of furan rings is 1. The highest BCUT2D eigenvalue weighted by Gasteiger charge is 2.21. The lowest BCUT2D eigenvalue weighted by atomic mass is 9.96. The molecule has 2 nitrogen and oxygen atoms in total. The second kappa shape index (κ2) is 13.4. The molecule has 254 valence electrons. The Hall–Kier alpha value is -7.16. The molecule has 0 unspecified atom stereocenters. The SMILES string of the molecule is c1ccc(-c2ccc(N(c3cccc(-c4cccc(-c5ccc6ccccc6c5)c4)c3)c3ccccc3-c3cccc4c3oc3ccccc34)cc2)cc1. The second-order valence-electron chi connectivity index (χ2n) is 13.7. The lowest BCUT2D eigenvalue weighted by Crippen LogP contribution is -2.11. The van der Waals surface area contributed by atoms with E-state index in [-0.39, 0.29) is 0 Å². The van der Waals surface area contributed by atoms with Crippen LogP contribution in [0.3, 0.4) is 0 Å². The topological polar surface area (TPSA) is 16.4 Å². The maximum atomic E-state index is 6.58. The van der Waals surface area contributed by atoms with Gasteiger partial charge in [-0.25, -0.2) is 0 Å². The van der Waals surface area contributed by atoms with Gasteiger partial charge in [0, 0.05) is 33.3 Å².